The Morgan fingerprint density at radius 3 is 2.26 bits per heavy atom. The van der Waals surface area contributed by atoms with Crippen molar-refractivity contribution in [3.05, 3.63) is 35.4 Å². The van der Waals surface area contributed by atoms with E-state index in [1.165, 1.54) is 12.1 Å². The van der Waals surface area contributed by atoms with Crippen LogP contribution in [-0.4, -0.2) is 6.54 Å². The molecule has 1 aliphatic rings. The van der Waals surface area contributed by atoms with Gasteiger partial charge in [-0.05, 0) is 49.4 Å². The van der Waals surface area contributed by atoms with E-state index in [1.807, 2.05) is 0 Å². The van der Waals surface area contributed by atoms with E-state index in [-0.39, 0.29) is 5.54 Å². The first-order valence-corrected chi connectivity index (χ1v) is 6.76. The molecule has 1 nitrogen and oxygen atoms in total. The largest absolute Gasteiger partial charge is 0.416 e. The van der Waals surface area contributed by atoms with E-state index < -0.39 is 11.7 Å². The van der Waals surface area contributed by atoms with Crippen molar-refractivity contribution in [3.8, 4) is 0 Å². The Morgan fingerprint density at radius 1 is 1.21 bits per heavy atom. The highest BCUT2D eigenvalue weighted by Crippen LogP contribution is 2.38. The highest BCUT2D eigenvalue weighted by molar-refractivity contribution is 5.31. The van der Waals surface area contributed by atoms with Gasteiger partial charge in [0.05, 0.1) is 5.56 Å². The molecule has 0 aromatic heterocycles. The van der Waals surface area contributed by atoms with Gasteiger partial charge in [-0.1, -0.05) is 26.0 Å². The molecule has 0 aliphatic carbocycles. The van der Waals surface area contributed by atoms with Crippen molar-refractivity contribution in [2.24, 2.45) is 5.92 Å². The summed E-state index contributed by atoms with van der Waals surface area (Å²) in [7, 11) is 0. The molecule has 19 heavy (non-hydrogen) atoms. The molecule has 1 aliphatic heterocycles. The number of rotatable bonds is 3. The molecular weight excluding hydrogens is 251 g/mol. The molecular formula is C15H20F3N. The lowest BCUT2D eigenvalue weighted by Crippen LogP contribution is -2.38. The number of hydrogen-bond donors (Lipinski definition) is 1. The van der Waals surface area contributed by atoms with Gasteiger partial charge in [0.25, 0.3) is 0 Å². The molecule has 1 saturated heterocycles. The van der Waals surface area contributed by atoms with Crippen LogP contribution in [0.15, 0.2) is 24.3 Å². The molecule has 4 heteroatoms. The van der Waals surface area contributed by atoms with Crippen molar-refractivity contribution in [1.82, 2.24) is 5.32 Å². The second kappa shape index (κ2) is 5.16. The summed E-state index contributed by atoms with van der Waals surface area (Å²) in [6, 6.07) is 5.64. The van der Waals surface area contributed by atoms with Crippen LogP contribution in [0.2, 0.25) is 0 Å². The summed E-state index contributed by atoms with van der Waals surface area (Å²) in [5.41, 5.74) is 0.263. The molecule has 0 radical (unpaired) electrons. The molecule has 0 amide bonds. The third kappa shape index (κ3) is 3.11. The Bertz CT molecular complexity index is 414. The number of halogens is 3. The Kier molecular flexibility index (Phi) is 3.90. The summed E-state index contributed by atoms with van der Waals surface area (Å²) in [5, 5.41) is 3.49. The fourth-order valence-corrected chi connectivity index (χ4v) is 3.02. The Morgan fingerprint density at radius 2 is 1.84 bits per heavy atom. The van der Waals surface area contributed by atoms with Gasteiger partial charge in [-0.25, -0.2) is 0 Å². The average Bonchev–Trinajstić information content (AvgIpc) is 2.77. The minimum Gasteiger partial charge on any atom is -0.307 e. The molecule has 1 unspecified atom stereocenters. The van der Waals surface area contributed by atoms with Crippen molar-refractivity contribution in [1.29, 1.82) is 0 Å². The van der Waals surface area contributed by atoms with Gasteiger partial charge >= 0.3 is 6.18 Å². The van der Waals surface area contributed by atoms with E-state index in [9.17, 15) is 13.2 Å². The lowest BCUT2D eigenvalue weighted by atomic mass is 9.81. The van der Waals surface area contributed by atoms with Crippen LogP contribution in [-0.2, 0) is 11.7 Å². The minimum absolute atomic E-state index is 0.141. The second-order valence-electron chi connectivity index (χ2n) is 5.79. The smallest absolute Gasteiger partial charge is 0.307 e. The summed E-state index contributed by atoms with van der Waals surface area (Å²) in [6.07, 6.45) is -1.23. The molecule has 0 saturated carbocycles. The van der Waals surface area contributed by atoms with E-state index in [0.717, 1.165) is 31.4 Å². The van der Waals surface area contributed by atoms with Gasteiger partial charge in [-0.3, -0.25) is 0 Å². The average molecular weight is 271 g/mol. The molecule has 1 heterocycles. The third-order valence-corrected chi connectivity index (χ3v) is 3.77. The monoisotopic (exact) mass is 271 g/mol. The van der Waals surface area contributed by atoms with Gasteiger partial charge in [0, 0.05) is 5.54 Å². The van der Waals surface area contributed by atoms with Crippen LogP contribution >= 0.6 is 0 Å². The lowest BCUT2D eigenvalue weighted by Gasteiger charge is -2.32. The standard InChI is InChI=1S/C15H20F3N/c1-11(2)10-14(8-3-9-19-14)12-4-6-13(7-5-12)15(16,17)18/h4-7,11,19H,3,8-10H2,1-2H3. The van der Waals surface area contributed by atoms with Crippen molar-refractivity contribution in [2.75, 3.05) is 6.54 Å². The summed E-state index contributed by atoms with van der Waals surface area (Å²) in [5.74, 6) is 0.507. The van der Waals surface area contributed by atoms with Crippen molar-refractivity contribution in [2.45, 2.75) is 44.8 Å². The van der Waals surface area contributed by atoms with Gasteiger partial charge < -0.3 is 5.32 Å². The first kappa shape index (κ1) is 14.4. The van der Waals surface area contributed by atoms with Crippen LogP contribution in [0.4, 0.5) is 13.2 Å². The van der Waals surface area contributed by atoms with E-state index in [4.69, 9.17) is 0 Å². The fourth-order valence-electron chi connectivity index (χ4n) is 3.02. The summed E-state index contributed by atoms with van der Waals surface area (Å²) < 4.78 is 37.8. The topological polar surface area (TPSA) is 12.0 Å². The minimum atomic E-state index is -4.26. The molecule has 1 atom stereocenters. The predicted octanol–water partition coefficient (Wildman–Crippen LogP) is 4.33. The Labute approximate surface area is 112 Å². The number of benzene rings is 1. The van der Waals surface area contributed by atoms with E-state index in [2.05, 4.69) is 19.2 Å². The van der Waals surface area contributed by atoms with Gasteiger partial charge in [-0.2, -0.15) is 13.2 Å². The fraction of sp³-hybridized carbons (Fsp3) is 0.600. The predicted molar refractivity (Wildman–Crippen MR) is 69.8 cm³/mol. The molecule has 1 N–H and O–H groups in total. The number of alkyl halides is 3. The van der Waals surface area contributed by atoms with E-state index >= 15 is 0 Å². The zero-order valence-corrected chi connectivity index (χ0v) is 11.3. The third-order valence-electron chi connectivity index (χ3n) is 3.77. The zero-order valence-electron chi connectivity index (χ0n) is 11.3. The van der Waals surface area contributed by atoms with Crippen LogP contribution in [0.5, 0.6) is 0 Å². The van der Waals surface area contributed by atoms with Crippen LogP contribution in [0.1, 0.15) is 44.2 Å². The summed E-state index contributed by atoms with van der Waals surface area (Å²) in [4.78, 5) is 0. The summed E-state index contributed by atoms with van der Waals surface area (Å²) in [6.45, 7) is 5.23. The van der Waals surface area contributed by atoms with Gasteiger partial charge in [0.15, 0.2) is 0 Å². The van der Waals surface area contributed by atoms with Crippen molar-refractivity contribution < 1.29 is 13.2 Å². The molecule has 1 aromatic carbocycles. The van der Waals surface area contributed by atoms with Gasteiger partial charge in [0.1, 0.15) is 0 Å². The van der Waals surface area contributed by atoms with Gasteiger partial charge in [-0.15, -0.1) is 0 Å². The Balaban J connectivity index is 2.28. The molecule has 1 aromatic rings. The molecule has 0 bridgehead atoms. The van der Waals surface area contributed by atoms with Crippen LogP contribution in [0.25, 0.3) is 0 Å². The van der Waals surface area contributed by atoms with Crippen LogP contribution < -0.4 is 5.32 Å². The van der Waals surface area contributed by atoms with E-state index in [0.29, 0.717) is 5.92 Å². The first-order valence-electron chi connectivity index (χ1n) is 6.76. The van der Waals surface area contributed by atoms with Gasteiger partial charge in [0.2, 0.25) is 0 Å². The van der Waals surface area contributed by atoms with Crippen molar-refractivity contribution in [3.63, 3.8) is 0 Å². The molecule has 1 fully saturated rings. The highest BCUT2D eigenvalue weighted by atomic mass is 19.4. The SMILES string of the molecule is CC(C)CC1(c2ccc(C(F)(F)F)cc2)CCCN1. The quantitative estimate of drug-likeness (QED) is 0.862. The van der Waals surface area contributed by atoms with Crippen LogP contribution in [0.3, 0.4) is 0 Å². The molecule has 0 spiro atoms. The normalized spacial score (nSPS) is 24.1. The number of hydrogen-bond acceptors (Lipinski definition) is 1. The lowest BCUT2D eigenvalue weighted by molar-refractivity contribution is -0.137. The molecule has 106 valence electrons. The zero-order chi connectivity index (χ0) is 14.1. The maximum Gasteiger partial charge on any atom is 0.416 e. The highest BCUT2D eigenvalue weighted by Gasteiger charge is 2.37. The Hall–Kier alpha value is -1.03. The van der Waals surface area contributed by atoms with Crippen molar-refractivity contribution >= 4 is 0 Å². The summed E-state index contributed by atoms with van der Waals surface area (Å²) >= 11 is 0. The maximum absolute atomic E-state index is 12.6. The second-order valence-corrected chi connectivity index (χ2v) is 5.79. The molecule has 2 rings (SSSR count). The first-order chi connectivity index (χ1) is 8.83. The number of nitrogens with one attached hydrogen (secondary N) is 1. The van der Waals surface area contributed by atoms with E-state index in [1.54, 1.807) is 12.1 Å². The maximum atomic E-state index is 12.6. The van der Waals surface area contributed by atoms with Crippen LogP contribution in [0, 0.1) is 5.92 Å².